The molecule has 0 bridgehead atoms. The molecule has 0 amide bonds. The second kappa shape index (κ2) is 17.2. The Morgan fingerprint density at radius 1 is 0.768 bits per heavy atom. The fourth-order valence-corrected chi connectivity index (χ4v) is 41.6. The first-order valence-corrected chi connectivity index (χ1v) is 33.9. The molecular weight excluding hydrogens is 927 g/mol. The predicted molar refractivity (Wildman–Crippen MR) is 252 cm³/mol. The number of carbonyl (C=O) groups excluding carboxylic acids is 1. The Labute approximate surface area is 358 Å². The van der Waals surface area contributed by atoms with E-state index < -0.39 is 32.3 Å². The molecule has 0 unspecified atom stereocenters. The third-order valence-corrected chi connectivity index (χ3v) is 35.0. The maximum Gasteiger partial charge on any atom is 0.162 e. The van der Waals surface area contributed by atoms with Crippen LogP contribution >= 0.6 is 0 Å². The topological polar surface area (TPSA) is 50.2 Å². The van der Waals surface area contributed by atoms with Crippen LogP contribution in [-0.2, 0) is 30.3 Å². The van der Waals surface area contributed by atoms with Crippen molar-refractivity contribution < 1.29 is 30.0 Å². The molecule has 305 valence electrons. The smallest absolute Gasteiger partial charge is 0.162 e. The van der Waals surface area contributed by atoms with Crippen LogP contribution in [0.3, 0.4) is 0 Å². The number of allylic oxidation sites excluding steroid dienone is 2. The number of rotatable bonds is 9. The molecule has 1 aromatic heterocycles. The number of hydrogen-bond acceptors (Lipinski definition) is 3. The summed E-state index contributed by atoms with van der Waals surface area (Å²) < 4.78 is 0. The Balaban J connectivity index is 0.000000372. The summed E-state index contributed by atoms with van der Waals surface area (Å²) in [6.45, 7) is 36.2. The van der Waals surface area contributed by atoms with Gasteiger partial charge in [0, 0.05) is 49.9 Å². The molecule has 0 aliphatic carbocycles. The minimum absolute atomic E-state index is 0. The fraction of sp³-hybridized carbons (Fsp3) is 0.500. The zero-order chi connectivity index (χ0) is 40.9. The van der Waals surface area contributed by atoms with Gasteiger partial charge < -0.3 is 5.11 Å². The van der Waals surface area contributed by atoms with Crippen molar-refractivity contribution in [2.45, 2.75) is 143 Å². The molecule has 3 heterocycles. The molecule has 56 heavy (non-hydrogen) atoms. The minimum Gasteiger partial charge on any atom is -0.512 e. The quantitative estimate of drug-likeness (QED) is 0.0787. The average Bonchev–Trinajstić information content (AvgIpc) is 3.42. The van der Waals surface area contributed by atoms with Crippen LogP contribution < -0.4 is 20.7 Å². The van der Waals surface area contributed by atoms with Crippen LogP contribution in [0.2, 0.25) is 63.7 Å². The summed E-state index contributed by atoms with van der Waals surface area (Å²) in [6, 6.07) is 22.4. The summed E-state index contributed by atoms with van der Waals surface area (Å²) in [5.41, 5.74) is 9.61. The van der Waals surface area contributed by atoms with Crippen LogP contribution in [0.4, 0.5) is 0 Å². The number of carbonyl (C=O) groups is 1. The van der Waals surface area contributed by atoms with Gasteiger partial charge in [0.2, 0.25) is 0 Å². The number of aromatic nitrogens is 1. The molecule has 3 nitrogen and oxygen atoms in total. The Bertz CT molecular complexity index is 2050. The number of benzene rings is 3. The molecular formula is C48H70IrNO2Si4-. The Morgan fingerprint density at radius 2 is 1.29 bits per heavy atom. The van der Waals surface area contributed by atoms with Gasteiger partial charge in [0.05, 0.1) is 38.1 Å². The van der Waals surface area contributed by atoms with Gasteiger partial charge in [-0.25, -0.2) is 0 Å². The van der Waals surface area contributed by atoms with E-state index in [-0.39, 0.29) is 48.9 Å². The van der Waals surface area contributed by atoms with Crippen molar-refractivity contribution in [1.29, 1.82) is 0 Å². The van der Waals surface area contributed by atoms with Gasteiger partial charge in [0.1, 0.15) is 0 Å². The zero-order valence-electron chi connectivity index (χ0n) is 37.3. The maximum atomic E-state index is 11.7. The van der Waals surface area contributed by atoms with E-state index in [2.05, 4.69) is 134 Å². The first kappa shape index (κ1) is 46.5. The van der Waals surface area contributed by atoms with Crippen molar-refractivity contribution in [2.24, 2.45) is 11.8 Å². The number of pyridine rings is 1. The van der Waals surface area contributed by atoms with E-state index in [1.807, 2.05) is 38.1 Å². The molecule has 0 fully saturated rings. The van der Waals surface area contributed by atoms with E-state index >= 15 is 0 Å². The Morgan fingerprint density at radius 3 is 1.79 bits per heavy atom. The van der Waals surface area contributed by atoms with Crippen molar-refractivity contribution >= 4 is 69.6 Å². The SMILES string of the molecule is CC(C)(C)c1cc(-c2cc(-c3c4c(cc5c3[Si](C)(C)C[Si]5(C)C)[Si](C)(C)C[Si]4(C)C)ccn2)[c-]c2ccccc12.CCC(CC)C(=O)/C=C(\O)C(CC)CC.[Ir]. The normalized spacial score (nSPS) is 17.6. The molecule has 6 rings (SSSR count). The molecule has 0 atom stereocenters. The molecule has 2 aliphatic heterocycles. The van der Waals surface area contributed by atoms with Crippen molar-refractivity contribution in [3.8, 4) is 22.4 Å². The zero-order valence-corrected chi connectivity index (χ0v) is 43.7. The van der Waals surface area contributed by atoms with Crippen molar-refractivity contribution in [3.63, 3.8) is 0 Å². The van der Waals surface area contributed by atoms with E-state index in [0.717, 1.165) is 36.9 Å². The van der Waals surface area contributed by atoms with Crippen LogP contribution in [0.15, 0.2) is 66.6 Å². The molecule has 0 saturated heterocycles. The van der Waals surface area contributed by atoms with Crippen LogP contribution in [0.5, 0.6) is 0 Å². The summed E-state index contributed by atoms with van der Waals surface area (Å²) in [5.74, 6) is 0.547. The monoisotopic (exact) mass is 997 g/mol. The van der Waals surface area contributed by atoms with Gasteiger partial charge >= 0.3 is 0 Å². The number of aliphatic hydroxyl groups excluding tert-OH is 1. The van der Waals surface area contributed by atoms with Crippen molar-refractivity contribution in [1.82, 2.24) is 4.98 Å². The van der Waals surface area contributed by atoms with E-state index in [0.29, 0.717) is 0 Å². The predicted octanol–water partition coefficient (Wildman–Crippen LogP) is 11.3. The molecule has 0 saturated carbocycles. The van der Waals surface area contributed by atoms with E-state index in [1.54, 1.807) is 15.9 Å². The molecule has 2 aliphatic rings. The van der Waals surface area contributed by atoms with Gasteiger partial charge in [-0.1, -0.05) is 174 Å². The molecule has 1 radical (unpaired) electrons. The summed E-state index contributed by atoms with van der Waals surface area (Å²) >= 11 is 0. The number of fused-ring (bicyclic) bond motifs is 3. The van der Waals surface area contributed by atoms with Crippen molar-refractivity contribution in [3.05, 3.63) is 78.2 Å². The van der Waals surface area contributed by atoms with E-state index in [4.69, 9.17) is 4.98 Å². The molecule has 0 spiro atoms. The second-order valence-electron chi connectivity index (χ2n) is 20.3. The summed E-state index contributed by atoms with van der Waals surface area (Å²) in [6.07, 6.45) is 6.98. The number of hydrogen-bond donors (Lipinski definition) is 1. The summed E-state index contributed by atoms with van der Waals surface area (Å²) in [5, 5.41) is 19.5. The molecule has 1 N–H and O–H groups in total. The van der Waals surface area contributed by atoms with Crippen LogP contribution in [0, 0.1) is 17.9 Å². The van der Waals surface area contributed by atoms with Crippen LogP contribution in [-0.4, -0.2) is 48.2 Å². The molecule has 3 aromatic carbocycles. The van der Waals surface area contributed by atoms with Gasteiger partial charge in [-0.3, -0.25) is 9.78 Å². The Hall–Kier alpha value is -2.20. The number of nitrogens with zero attached hydrogens (tertiary/aromatic N) is 1. The summed E-state index contributed by atoms with van der Waals surface area (Å²) in [4.78, 5) is 16.7. The van der Waals surface area contributed by atoms with Gasteiger partial charge in [0.25, 0.3) is 0 Å². The van der Waals surface area contributed by atoms with Gasteiger partial charge in [-0.15, -0.1) is 29.1 Å². The summed E-state index contributed by atoms with van der Waals surface area (Å²) in [7, 11) is -6.08. The standard InChI is InChI=1S/C35H46NSi4.C13H24O2.Ir/c1-35(2,3)28-19-26(18-24-14-12-13-15-27(24)28)29-20-25(16-17-36-29)32-33-30(37(4,5)22-39(33,8)9)21-31-34(32)40(10,11)23-38(31,6)7;1-5-10(6-2)12(14)9-13(15)11(7-3)8-4;/h12-17,19-21H,22-23H2,1-11H3;9-11,14H,5-8H2,1-4H3;/q-1;;/b;12-9-;. The number of aliphatic hydroxyl groups is 1. The van der Waals surface area contributed by atoms with E-state index in [1.165, 1.54) is 39.3 Å². The first-order valence-electron chi connectivity index (χ1n) is 21.1. The first-order chi connectivity index (χ1) is 25.5. The average molecular weight is 998 g/mol. The second-order valence-corrected chi connectivity index (χ2v) is 40.3. The minimum atomic E-state index is -1.57. The van der Waals surface area contributed by atoms with Crippen molar-refractivity contribution in [2.75, 3.05) is 0 Å². The third-order valence-electron chi connectivity index (χ3n) is 12.9. The largest absolute Gasteiger partial charge is 0.512 e. The van der Waals surface area contributed by atoms with Crippen LogP contribution in [0.1, 0.15) is 79.7 Å². The Kier molecular flexibility index (Phi) is 14.3. The van der Waals surface area contributed by atoms with Crippen LogP contribution in [0.25, 0.3) is 33.2 Å². The third kappa shape index (κ3) is 9.16. The van der Waals surface area contributed by atoms with E-state index in [9.17, 15) is 9.90 Å². The van der Waals surface area contributed by atoms with Gasteiger partial charge in [-0.05, 0) is 48.3 Å². The van der Waals surface area contributed by atoms with Gasteiger partial charge in [-0.2, -0.15) is 0 Å². The maximum absolute atomic E-state index is 11.7. The van der Waals surface area contributed by atoms with Gasteiger partial charge in [0.15, 0.2) is 5.78 Å². The molecule has 8 heteroatoms. The fourth-order valence-electron chi connectivity index (χ4n) is 10.5. The molecule has 4 aromatic rings. The number of ketones is 1.